The van der Waals surface area contributed by atoms with Gasteiger partial charge in [-0.15, -0.1) is 0 Å². The number of halogens is 2. The second-order valence-electron chi connectivity index (χ2n) is 4.56. The number of nitrogen functional groups attached to an aromatic ring is 1. The minimum atomic E-state index is -0.920. The van der Waals surface area contributed by atoms with Crippen LogP contribution in [0.2, 0.25) is 0 Å². The minimum Gasteiger partial charge on any atom is -0.396 e. The molecule has 0 fully saturated rings. The van der Waals surface area contributed by atoms with Crippen molar-refractivity contribution in [3.05, 3.63) is 51.7 Å². The molecule has 1 atom stereocenters. The average Bonchev–Trinajstić information content (AvgIpc) is 2.86. The fraction of sp³-hybridized carbons (Fsp3) is 0.214. The topological polar surface area (TPSA) is 55.1 Å². The lowest BCUT2D eigenvalue weighted by Crippen LogP contribution is -2.34. The molecule has 20 heavy (non-hydrogen) atoms. The molecule has 1 unspecified atom stereocenters. The van der Waals surface area contributed by atoms with E-state index in [1.807, 2.05) is 23.8 Å². The van der Waals surface area contributed by atoms with Crippen LogP contribution in [0.1, 0.15) is 22.8 Å². The Bertz CT molecular complexity index is 614. The zero-order valence-corrected chi connectivity index (χ0v) is 11.6. The van der Waals surface area contributed by atoms with E-state index in [-0.39, 0.29) is 17.3 Å². The average molecular weight is 296 g/mol. The van der Waals surface area contributed by atoms with Gasteiger partial charge in [-0.3, -0.25) is 4.79 Å². The molecule has 106 valence electrons. The van der Waals surface area contributed by atoms with Crippen LogP contribution in [-0.4, -0.2) is 11.9 Å². The Morgan fingerprint density at radius 2 is 2.15 bits per heavy atom. The van der Waals surface area contributed by atoms with Gasteiger partial charge in [0, 0.05) is 12.1 Å². The molecule has 1 aromatic carbocycles. The number of rotatable bonds is 4. The molecule has 3 N–H and O–H groups in total. The predicted molar refractivity (Wildman–Crippen MR) is 75.7 cm³/mol. The number of thiophene rings is 1. The number of hydrogen-bond donors (Lipinski definition) is 2. The molecular weight excluding hydrogens is 282 g/mol. The van der Waals surface area contributed by atoms with E-state index in [9.17, 15) is 13.6 Å². The molecule has 0 aliphatic carbocycles. The molecule has 0 aliphatic rings. The number of anilines is 1. The first-order chi connectivity index (χ1) is 9.47. The van der Waals surface area contributed by atoms with Crippen molar-refractivity contribution >= 4 is 22.9 Å². The molecule has 0 bridgehead atoms. The second kappa shape index (κ2) is 6.00. The smallest absolute Gasteiger partial charge is 0.254 e. The van der Waals surface area contributed by atoms with Crippen LogP contribution < -0.4 is 11.1 Å². The van der Waals surface area contributed by atoms with Gasteiger partial charge in [0.05, 0.1) is 11.3 Å². The monoisotopic (exact) mass is 296 g/mol. The molecular formula is C14H14F2N2OS. The first-order valence-corrected chi connectivity index (χ1v) is 6.98. The largest absolute Gasteiger partial charge is 0.396 e. The maximum absolute atomic E-state index is 13.6. The summed E-state index contributed by atoms with van der Waals surface area (Å²) in [4.78, 5) is 11.9. The van der Waals surface area contributed by atoms with Crippen LogP contribution in [0, 0.1) is 11.6 Å². The van der Waals surface area contributed by atoms with Gasteiger partial charge >= 0.3 is 0 Å². The molecule has 0 saturated carbocycles. The Kier molecular flexibility index (Phi) is 4.34. The third kappa shape index (κ3) is 3.33. The minimum absolute atomic E-state index is 0.164. The van der Waals surface area contributed by atoms with Gasteiger partial charge in [0.15, 0.2) is 0 Å². The fourth-order valence-electron chi connectivity index (χ4n) is 1.85. The van der Waals surface area contributed by atoms with E-state index >= 15 is 0 Å². The Morgan fingerprint density at radius 1 is 1.40 bits per heavy atom. The van der Waals surface area contributed by atoms with Gasteiger partial charge in [0.25, 0.3) is 5.91 Å². The SMILES string of the molecule is CC(Cc1ccsc1)NC(=O)c1cc(N)c(F)cc1F. The molecule has 1 aromatic heterocycles. The molecule has 1 amide bonds. The molecule has 0 spiro atoms. The number of carbonyl (C=O) groups excluding carboxylic acids is 1. The van der Waals surface area contributed by atoms with Gasteiger partial charge in [-0.2, -0.15) is 11.3 Å². The summed E-state index contributed by atoms with van der Waals surface area (Å²) in [5.74, 6) is -2.39. The van der Waals surface area contributed by atoms with Gasteiger partial charge < -0.3 is 11.1 Å². The highest BCUT2D eigenvalue weighted by molar-refractivity contribution is 7.07. The van der Waals surface area contributed by atoms with Crippen molar-refractivity contribution in [2.75, 3.05) is 5.73 Å². The Balaban J connectivity index is 2.06. The van der Waals surface area contributed by atoms with E-state index < -0.39 is 17.5 Å². The fourth-order valence-corrected chi connectivity index (χ4v) is 2.54. The van der Waals surface area contributed by atoms with Crippen LogP contribution in [0.3, 0.4) is 0 Å². The van der Waals surface area contributed by atoms with Crippen molar-refractivity contribution in [3.8, 4) is 0 Å². The first kappa shape index (κ1) is 14.5. The van der Waals surface area contributed by atoms with E-state index in [1.54, 1.807) is 11.3 Å². The summed E-state index contributed by atoms with van der Waals surface area (Å²) in [7, 11) is 0. The maximum Gasteiger partial charge on any atom is 0.254 e. The molecule has 3 nitrogen and oxygen atoms in total. The predicted octanol–water partition coefficient (Wildman–Crippen LogP) is 2.97. The molecule has 0 radical (unpaired) electrons. The van der Waals surface area contributed by atoms with Crippen molar-refractivity contribution in [2.24, 2.45) is 0 Å². The molecule has 6 heteroatoms. The Labute approximate surface area is 119 Å². The number of nitrogens with two attached hydrogens (primary N) is 1. The summed E-state index contributed by atoms with van der Waals surface area (Å²) < 4.78 is 26.6. The number of nitrogens with one attached hydrogen (secondary N) is 1. The number of carbonyl (C=O) groups is 1. The van der Waals surface area contributed by atoms with E-state index in [1.165, 1.54) is 0 Å². The lowest BCUT2D eigenvalue weighted by Gasteiger charge is -2.14. The van der Waals surface area contributed by atoms with Crippen LogP contribution >= 0.6 is 11.3 Å². The lowest BCUT2D eigenvalue weighted by molar-refractivity contribution is 0.0936. The van der Waals surface area contributed by atoms with Gasteiger partial charge in [0.1, 0.15) is 11.6 Å². The van der Waals surface area contributed by atoms with Gasteiger partial charge in [-0.25, -0.2) is 8.78 Å². The van der Waals surface area contributed by atoms with E-state index in [0.717, 1.165) is 11.6 Å². The Hall–Kier alpha value is -1.95. The molecule has 0 aliphatic heterocycles. The second-order valence-corrected chi connectivity index (χ2v) is 5.34. The highest BCUT2D eigenvalue weighted by Gasteiger charge is 2.17. The Morgan fingerprint density at radius 3 is 2.80 bits per heavy atom. The van der Waals surface area contributed by atoms with Crippen LogP contribution in [0.15, 0.2) is 29.0 Å². The first-order valence-electron chi connectivity index (χ1n) is 6.04. The van der Waals surface area contributed by atoms with Crippen LogP contribution in [0.5, 0.6) is 0 Å². The molecule has 2 rings (SSSR count). The van der Waals surface area contributed by atoms with Crippen LogP contribution in [0.25, 0.3) is 0 Å². The standard InChI is InChI=1S/C14H14F2N2OS/c1-8(4-9-2-3-20-7-9)18-14(19)10-5-13(17)12(16)6-11(10)15/h2-3,5-8H,4,17H2,1H3,(H,18,19). The summed E-state index contributed by atoms with van der Waals surface area (Å²) in [6, 6.07) is 3.43. The number of benzene rings is 1. The summed E-state index contributed by atoms with van der Waals surface area (Å²) in [5, 5.41) is 6.60. The third-order valence-electron chi connectivity index (χ3n) is 2.83. The molecule has 0 saturated heterocycles. The molecule has 2 aromatic rings. The van der Waals surface area contributed by atoms with Crippen LogP contribution in [-0.2, 0) is 6.42 Å². The van der Waals surface area contributed by atoms with Crippen molar-refractivity contribution in [1.29, 1.82) is 0 Å². The zero-order valence-electron chi connectivity index (χ0n) is 10.8. The highest BCUT2D eigenvalue weighted by atomic mass is 32.1. The quantitative estimate of drug-likeness (QED) is 0.852. The third-order valence-corrected chi connectivity index (χ3v) is 3.56. The zero-order chi connectivity index (χ0) is 14.7. The number of hydrogen-bond acceptors (Lipinski definition) is 3. The highest BCUT2D eigenvalue weighted by Crippen LogP contribution is 2.17. The van der Waals surface area contributed by atoms with Crippen LogP contribution in [0.4, 0.5) is 14.5 Å². The summed E-state index contributed by atoms with van der Waals surface area (Å²) in [6.45, 7) is 1.82. The van der Waals surface area contributed by atoms with E-state index in [4.69, 9.17) is 5.73 Å². The summed E-state index contributed by atoms with van der Waals surface area (Å²) >= 11 is 1.57. The number of amides is 1. The van der Waals surface area contributed by atoms with E-state index in [2.05, 4.69) is 5.32 Å². The summed E-state index contributed by atoms with van der Waals surface area (Å²) in [6.07, 6.45) is 0.646. The van der Waals surface area contributed by atoms with Gasteiger partial charge in [-0.05, 0) is 41.8 Å². The lowest BCUT2D eigenvalue weighted by atomic mass is 10.1. The summed E-state index contributed by atoms with van der Waals surface area (Å²) in [5.41, 5.74) is 5.95. The van der Waals surface area contributed by atoms with Crippen molar-refractivity contribution < 1.29 is 13.6 Å². The maximum atomic E-state index is 13.6. The van der Waals surface area contributed by atoms with Crippen molar-refractivity contribution in [1.82, 2.24) is 5.32 Å². The molecule has 1 heterocycles. The van der Waals surface area contributed by atoms with Gasteiger partial charge in [-0.1, -0.05) is 0 Å². The van der Waals surface area contributed by atoms with E-state index in [0.29, 0.717) is 12.5 Å². The van der Waals surface area contributed by atoms with Gasteiger partial charge in [0.2, 0.25) is 0 Å². The van der Waals surface area contributed by atoms with Crippen molar-refractivity contribution in [2.45, 2.75) is 19.4 Å². The van der Waals surface area contributed by atoms with Crippen molar-refractivity contribution in [3.63, 3.8) is 0 Å². The normalized spacial score (nSPS) is 12.2.